The standard InChI is InChI=1S/C13H19FN2O/c1-3-5-10(8-15)16-13(17)11-7-4-6-9(2)12(11)14/h4,6-7,10H,3,5,8,15H2,1-2H3,(H,16,17). The van der Waals surface area contributed by atoms with Gasteiger partial charge in [0.15, 0.2) is 0 Å². The van der Waals surface area contributed by atoms with Gasteiger partial charge in [-0.1, -0.05) is 25.5 Å². The van der Waals surface area contributed by atoms with Crippen LogP contribution in [-0.4, -0.2) is 18.5 Å². The van der Waals surface area contributed by atoms with Crippen molar-refractivity contribution in [1.82, 2.24) is 5.32 Å². The SMILES string of the molecule is CCCC(CN)NC(=O)c1cccc(C)c1F. The molecule has 1 unspecified atom stereocenters. The van der Waals surface area contributed by atoms with Crippen LogP contribution in [0.5, 0.6) is 0 Å². The lowest BCUT2D eigenvalue weighted by molar-refractivity contribution is 0.0932. The van der Waals surface area contributed by atoms with E-state index in [1.54, 1.807) is 19.1 Å². The zero-order valence-corrected chi connectivity index (χ0v) is 10.3. The van der Waals surface area contributed by atoms with Crippen molar-refractivity contribution in [2.45, 2.75) is 32.7 Å². The van der Waals surface area contributed by atoms with Crippen LogP contribution in [0.2, 0.25) is 0 Å². The van der Waals surface area contributed by atoms with Crippen LogP contribution in [0, 0.1) is 12.7 Å². The van der Waals surface area contributed by atoms with Gasteiger partial charge in [-0.2, -0.15) is 0 Å². The molecule has 4 heteroatoms. The number of amides is 1. The Bertz CT molecular complexity index is 393. The highest BCUT2D eigenvalue weighted by Crippen LogP contribution is 2.12. The highest BCUT2D eigenvalue weighted by Gasteiger charge is 2.16. The summed E-state index contributed by atoms with van der Waals surface area (Å²) in [6.45, 7) is 4.02. The molecular weight excluding hydrogens is 219 g/mol. The Morgan fingerprint density at radius 1 is 1.53 bits per heavy atom. The number of hydrogen-bond donors (Lipinski definition) is 2. The monoisotopic (exact) mass is 238 g/mol. The molecule has 0 radical (unpaired) electrons. The van der Waals surface area contributed by atoms with E-state index in [-0.39, 0.29) is 11.6 Å². The fourth-order valence-corrected chi connectivity index (χ4v) is 1.68. The van der Waals surface area contributed by atoms with E-state index in [1.165, 1.54) is 6.07 Å². The lowest BCUT2D eigenvalue weighted by atomic mass is 10.1. The lowest BCUT2D eigenvalue weighted by Crippen LogP contribution is -2.40. The van der Waals surface area contributed by atoms with E-state index in [4.69, 9.17) is 5.73 Å². The summed E-state index contributed by atoms with van der Waals surface area (Å²) in [6.07, 6.45) is 1.73. The number of nitrogens with two attached hydrogens (primary N) is 1. The largest absolute Gasteiger partial charge is 0.348 e. The van der Waals surface area contributed by atoms with Crippen molar-refractivity contribution in [2.24, 2.45) is 5.73 Å². The van der Waals surface area contributed by atoms with Gasteiger partial charge in [0.25, 0.3) is 5.91 Å². The molecule has 1 atom stereocenters. The summed E-state index contributed by atoms with van der Waals surface area (Å²) in [5.74, 6) is -0.854. The predicted octanol–water partition coefficient (Wildman–Crippen LogP) is 1.99. The number of benzene rings is 1. The van der Waals surface area contributed by atoms with E-state index in [9.17, 15) is 9.18 Å². The van der Waals surface area contributed by atoms with Crippen LogP contribution in [0.3, 0.4) is 0 Å². The molecule has 0 aliphatic heterocycles. The van der Waals surface area contributed by atoms with Crippen LogP contribution >= 0.6 is 0 Å². The molecule has 1 aromatic carbocycles. The van der Waals surface area contributed by atoms with E-state index >= 15 is 0 Å². The molecule has 0 spiro atoms. The fraction of sp³-hybridized carbons (Fsp3) is 0.462. The average Bonchev–Trinajstić information content (AvgIpc) is 2.31. The van der Waals surface area contributed by atoms with Crippen LogP contribution in [0.25, 0.3) is 0 Å². The number of nitrogens with one attached hydrogen (secondary N) is 1. The van der Waals surface area contributed by atoms with Gasteiger partial charge in [-0.05, 0) is 25.0 Å². The molecule has 3 N–H and O–H groups in total. The van der Waals surface area contributed by atoms with E-state index in [1.807, 2.05) is 6.92 Å². The van der Waals surface area contributed by atoms with Crippen molar-refractivity contribution in [3.63, 3.8) is 0 Å². The van der Waals surface area contributed by atoms with Gasteiger partial charge in [0.1, 0.15) is 5.82 Å². The Morgan fingerprint density at radius 2 is 2.24 bits per heavy atom. The van der Waals surface area contributed by atoms with Crippen molar-refractivity contribution in [3.8, 4) is 0 Å². The predicted molar refractivity (Wildman–Crippen MR) is 66.4 cm³/mol. The summed E-state index contributed by atoms with van der Waals surface area (Å²) < 4.78 is 13.7. The van der Waals surface area contributed by atoms with Crippen LogP contribution in [-0.2, 0) is 0 Å². The van der Waals surface area contributed by atoms with E-state index in [2.05, 4.69) is 5.32 Å². The molecule has 1 amide bonds. The maximum atomic E-state index is 13.7. The normalized spacial score (nSPS) is 12.2. The summed E-state index contributed by atoms with van der Waals surface area (Å²) in [7, 11) is 0. The highest BCUT2D eigenvalue weighted by atomic mass is 19.1. The first-order chi connectivity index (χ1) is 8.10. The number of halogens is 1. The number of carbonyl (C=O) groups is 1. The summed E-state index contributed by atoms with van der Waals surface area (Å²) in [6, 6.07) is 4.70. The molecule has 1 rings (SSSR count). The molecule has 0 heterocycles. The van der Waals surface area contributed by atoms with Gasteiger partial charge >= 0.3 is 0 Å². The van der Waals surface area contributed by atoms with Gasteiger partial charge in [-0.15, -0.1) is 0 Å². The van der Waals surface area contributed by atoms with Crippen molar-refractivity contribution in [2.75, 3.05) is 6.54 Å². The third kappa shape index (κ3) is 3.53. The van der Waals surface area contributed by atoms with Gasteiger partial charge in [-0.25, -0.2) is 4.39 Å². The minimum absolute atomic E-state index is 0.0829. The molecule has 0 aliphatic rings. The minimum Gasteiger partial charge on any atom is -0.348 e. The number of rotatable bonds is 5. The Labute approximate surface area is 101 Å². The molecular formula is C13H19FN2O. The average molecular weight is 238 g/mol. The first-order valence-corrected chi connectivity index (χ1v) is 5.86. The minimum atomic E-state index is -0.461. The lowest BCUT2D eigenvalue weighted by Gasteiger charge is -2.16. The smallest absolute Gasteiger partial charge is 0.254 e. The maximum absolute atomic E-state index is 13.7. The quantitative estimate of drug-likeness (QED) is 0.824. The van der Waals surface area contributed by atoms with Crippen molar-refractivity contribution < 1.29 is 9.18 Å². The van der Waals surface area contributed by atoms with Crippen LogP contribution in [0.15, 0.2) is 18.2 Å². The Balaban J connectivity index is 2.79. The van der Waals surface area contributed by atoms with Gasteiger partial charge in [-0.3, -0.25) is 4.79 Å². The molecule has 3 nitrogen and oxygen atoms in total. The van der Waals surface area contributed by atoms with Gasteiger partial charge in [0.05, 0.1) is 5.56 Å². The molecule has 1 aromatic rings. The topological polar surface area (TPSA) is 55.1 Å². The molecule has 17 heavy (non-hydrogen) atoms. The first kappa shape index (κ1) is 13.6. The summed E-state index contributed by atoms with van der Waals surface area (Å²) >= 11 is 0. The van der Waals surface area contributed by atoms with Gasteiger partial charge < -0.3 is 11.1 Å². The zero-order chi connectivity index (χ0) is 12.8. The molecule has 0 bridgehead atoms. The molecule has 0 saturated carbocycles. The number of aryl methyl sites for hydroxylation is 1. The maximum Gasteiger partial charge on any atom is 0.254 e. The summed E-state index contributed by atoms with van der Waals surface area (Å²) in [4.78, 5) is 11.9. The van der Waals surface area contributed by atoms with Crippen LogP contribution in [0.4, 0.5) is 4.39 Å². The van der Waals surface area contributed by atoms with E-state index in [0.717, 1.165) is 12.8 Å². The van der Waals surface area contributed by atoms with Crippen molar-refractivity contribution >= 4 is 5.91 Å². The Kier molecular flexibility index (Phi) is 5.10. The molecule has 0 saturated heterocycles. The number of carbonyl (C=O) groups excluding carboxylic acids is 1. The van der Waals surface area contributed by atoms with Gasteiger partial charge in [0, 0.05) is 12.6 Å². The van der Waals surface area contributed by atoms with Gasteiger partial charge in [0.2, 0.25) is 0 Å². The second-order valence-corrected chi connectivity index (χ2v) is 4.13. The molecule has 0 aromatic heterocycles. The third-order valence-corrected chi connectivity index (χ3v) is 2.69. The zero-order valence-electron chi connectivity index (χ0n) is 10.3. The van der Waals surface area contributed by atoms with Crippen molar-refractivity contribution in [1.29, 1.82) is 0 Å². The Hall–Kier alpha value is -1.42. The second kappa shape index (κ2) is 6.35. The highest BCUT2D eigenvalue weighted by molar-refractivity contribution is 5.94. The first-order valence-electron chi connectivity index (χ1n) is 5.86. The van der Waals surface area contributed by atoms with E-state index in [0.29, 0.717) is 12.1 Å². The summed E-state index contributed by atoms with van der Waals surface area (Å²) in [5, 5.41) is 2.75. The van der Waals surface area contributed by atoms with Crippen LogP contribution < -0.4 is 11.1 Å². The third-order valence-electron chi connectivity index (χ3n) is 2.69. The fourth-order valence-electron chi connectivity index (χ4n) is 1.68. The second-order valence-electron chi connectivity index (χ2n) is 4.13. The Morgan fingerprint density at radius 3 is 2.82 bits per heavy atom. The molecule has 0 fully saturated rings. The van der Waals surface area contributed by atoms with Crippen LogP contribution in [0.1, 0.15) is 35.7 Å². The van der Waals surface area contributed by atoms with Crippen molar-refractivity contribution in [3.05, 3.63) is 35.1 Å². The van der Waals surface area contributed by atoms with E-state index < -0.39 is 11.7 Å². The molecule has 0 aliphatic carbocycles. The molecule has 94 valence electrons. The summed E-state index contributed by atoms with van der Waals surface area (Å²) in [5.41, 5.74) is 6.10. The number of hydrogen-bond acceptors (Lipinski definition) is 2.